The molecule has 0 heterocycles. The summed E-state index contributed by atoms with van der Waals surface area (Å²) in [7, 11) is -27.8. The highest BCUT2D eigenvalue weighted by Gasteiger charge is 2.94. The van der Waals surface area contributed by atoms with E-state index in [4.69, 9.17) is 9.79 Å². The molecule has 168 valence electrons. The normalized spacial score (nSPS) is 43.8. The Labute approximate surface area is 153 Å². The second-order valence-corrected chi connectivity index (χ2v) is 13.0. The maximum atomic E-state index is 11.7. The molecule has 0 saturated heterocycles. The van der Waals surface area contributed by atoms with Crippen molar-refractivity contribution >= 4 is 30.4 Å². The first-order chi connectivity index (χ1) is 11.8. The molecule has 0 aromatic heterocycles. The standard InChI is InChI=1S/C6H16O18P4/c7-1-3(9,25(13,14)15)2(8)5(11,27(19,20)21)6(12,28(22,23)24)4(1,10)26(16,17)18/h1-2,7-12H,(H2,13,14,15)(H2,16,17,18)(H2,19,20,21)(H2,22,23,24)/t1-,2-,3-,4+,5-,6-/m1/s1. The number of aliphatic hydroxyl groups excluding tert-OH is 2. The van der Waals surface area contributed by atoms with Gasteiger partial charge in [-0.25, -0.2) is 0 Å². The van der Waals surface area contributed by atoms with Crippen molar-refractivity contribution in [3.05, 3.63) is 0 Å². The van der Waals surface area contributed by atoms with Gasteiger partial charge in [-0.05, 0) is 0 Å². The lowest BCUT2D eigenvalue weighted by atomic mass is 9.82. The van der Waals surface area contributed by atoms with E-state index in [0.29, 0.717) is 0 Å². The topological polar surface area (TPSA) is 352 Å². The van der Waals surface area contributed by atoms with Crippen LogP contribution in [0.25, 0.3) is 0 Å². The van der Waals surface area contributed by atoms with Gasteiger partial charge in [0.15, 0.2) is 0 Å². The fourth-order valence-corrected chi connectivity index (χ4v) is 9.02. The quantitative estimate of drug-likeness (QED) is 0.160. The zero-order valence-electron chi connectivity index (χ0n) is 12.8. The molecule has 1 fully saturated rings. The van der Waals surface area contributed by atoms with Crippen LogP contribution in [-0.2, 0) is 18.3 Å². The van der Waals surface area contributed by atoms with Crippen LogP contribution in [0.2, 0.25) is 0 Å². The van der Waals surface area contributed by atoms with Crippen molar-refractivity contribution in [2.45, 2.75) is 33.6 Å². The molecule has 0 aliphatic heterocycles. The number of hydrogen-bond acceptors (Lipinski definition) is 10. The minimum absolute atomic E-state index is 4.30. The summed E-state index contributed by atoms with van der Waals surface area (Å²) in [5.41, 5.74) is 0. The van der Waals surface area contributed by atoms with E-state index < -0.39 is 64.0 Å². The lowest BCUT2D eigenvalue weighted by Gasteiger charge is -2.61. The van der Waals surface area contributed by atoms with E-state index in [-0.39, 0.29) is 0 Å². The van der Waals surface area contributed by atoms with Gasteiger partial charge in [-0.1, -0.05) is 0 Å². The van der Waals surface area contributed by atoms with Gasteiger partial charge < -0.3 is 69.8 Å². The average Bonchev–Trinajstić information content (AvgIpc) is 2.44. The molecule has 14 N–H and O–H groups in total. The minimum atomic E-state index is -7.09. The largest absolute Gasteiger partial charge is 0.385 e. The molecular weight excluding hydrogens is 484 g/mol. The Balaban J connectivity index is 4.45. The van der Waals surface area contributed by atoms with Gasteiger partial charge in [-0.3, -0.25) is 18.3 Å². The van der Waals surface area contributed by atoms with Crippen LogP contribution in [0, 0.1) is 0 Å². The maximum absolute atomic E-state index is 11.7. The lowest BCUT2D eigenvalue weighted by Crippen LogP contribution is -2.85. The van der Waals surface area contributed by atoms with Gasteiger partial charge in [0, 0.05) is 0 Å². The zero-order chi connectivity index (χ0) is 23.2. The van der Waals surface area contributed by atoms with Crippen LogP contribution in [0.15, 0.2) is 0 Å². The Hall–Kier alpha value is 0.360. The van der Waals surface area contributed by atoms with Crippen molar-refractivity contribution < 1.29 is 88.0 Å². The van der Waals surface area contributed by atoms with E-state index in [2.05, 4.69) is 0 Å². The highest BCUT2D eigenvalue weighted by Crippen LogP contribution is 2.81. The summed E-state index contributed by atoms with van der Waals surface area (Å²) in [4.78, 5) is 73.8. The average molecular weight is 500 g/mol. The van der Waals surface area contributed by atoms with Gasteiger partial charge in [0.1, 0.15) is 12.2 Å². The van der Waals surface area contributed by atoms with E-state index in [9.17, 15) is 78.3 Å². The van der Waals surface area contributed by atoms with Gasteiger partial charge in [0.2, 0.25) is 16.0 Å². The molecule has 1 aliphatic rings. The summed E-state index contributed by atoms with van der Waals surface area (Å²) < 4.78 is 46.6. The Morgan fingerprint density at radius 2 is 0.750 bits per heavy atom. The van der Waals surface area contributed by atoms with E-state index >= 15 is 0 Å². The van der Waals surface area contributed by atoms with Crippen molar-refractivity contribution in [1.82, 2.24) is 0 Å². The molecule has 1 rings (SSSR count). The third-order valence-corrected chi connectivity index (χ3v) is 10.6. The Kier molecular flexibility index (Phi) is 6.06. The first-order valence-corrected chi connectivity index (χ1v) is 12.7. The highest BCUT2D eigenvalue weighted by molar-refractivity contribution is 7.61. The highest BCUT2D eigenvalue weighted by atomic mass is 31.2. The SMILES string of the molecule is O=P(O)(O)[C@]1(O)[C@@H](O)[C@](O)(P(=O)(O)O)[C@@](O)(P(=O)(O)O)[C@](O)(P(=O)(O)O)[C@@H]1O. The van der Waals surface area contributed by atoms with E-state index in [1.807, 2.05) is 0 Å². The molecule has 0 unspecified atom stereocenters. The minimum Gasteiger partial charge on any atom is -0.385 e. The predicted molar refractivity (Wildman–Crippen MR) is 80.0 cm³/mol. The molecule has 22 heteroatoms. The maximum Gasteiger partial charge on any atom is 0.364 e. The monoisotopic (exact) mass is 500 g/mol. The molecule has 0 bridgehead atoms. The summed E-state index contributed by atoms with van der Waals surface area (Å²) in [6.07, 6.45) is -8.61. The van der Waals surface area contributed by atoms with Crippen LogP contribution in [0.3, 0.4) is 0 Å². The molecule has 1 aliphatic carbocycles. The molecule has 0 spiro atoms. The fraction of sp³-hybridized carbons (Fsp3) is 1.00. The molecule has 0 aromatic rings. The summed E-state index contributed by atoms with van der Waals surface area (Å²) in [5.74, 6) is 0. The van der Waals surface area contributed by atoms with Crippen molar-refractivity contribution in [2.24, 2.45) is 0 Å². The molecule has 0 radical (unpaired) electrons. The van der Waals surface area contributed by atoms with Crippen LogP contribution in [0.1, 0.15) is 0 Å². The Morgan fingerprint density at radius 1 is 0.500 bits per heavy atom. The molecule has 6 atom stereocenters. The van der Waals surface area contributed by atoms with Crippen molar-refractivity contribution in [1.29, 1.82) is 0 Å². The molecule has 1 saturated carbocycles. The van der Waals surface area contributed by atoms with Gasteiger partial charge in [-0.15, -0.1) is 0 Å². The van der Waals surface area contributed by atoms with Crippen molar-refractivity contribution in [2.75, 3.05) is 0 Å². The zero-order valence-corrected chi connectivity index (χ0v) is 16.4. The summed E-state index contributed by atoms with van der Waals surface area (Å²) in [6, 6.07) is 0. The van der Waals surface area contributed by atoms with Crippen LogP contribution >= 0.6 is 30.4 Å². The fourth-order valence-electron chi connectivity index (χ4n) is 2.87. The summed E-state index contributed by atoms with van der Waals surface area (Å²) >= 11 is 0. The second-order valence-electron chi connectivity index (χ2n) is 5.89. The first-order valence-electron chi connectivity index (χ1n) is 6.29. The van der Waals surface area contributed by atoms with E-state index in [0.717, 1.165) is 0 Å². The molecule has 28 heavy (non-hydrogen) atoms. The smallest absolute Gasteiger partial charge is 0.364 e. The number of hydrogen-bond donors (Lipinski definition) is 14. The summed E-state index contributed by atoms with van der Waals surface area (Å²) in [6.45, 7) is 0. The molecular formula is C6H16O18P4. The molecule has 18 nitrogen and oxygen atoms in total. The van der Waals surface area contributed by atoms with E-state index in [1.165, 1.54) is 0 Å². The molecule has 0 amide bonds. The Morgan fingerprint density at radius 3 is 0.893 bits per heavy atom. The summed E-state index contributed by atoms with van der Waals surface area (Å²) in [5, 5.41) is 38.9. The molecule has 0 aromatic carbocycles. The number of aliphatic hydroxyl groups is 6. The first kappa shape index (κ1) is 26.4. The van der Waals surface area contributed by atoms with Gasteiger partial charge in [0.25, 0.3) is 5.34 Å². The third kappa shape index (κ3) is 2.76. The number of rotatable bonds is 4. The Bertz CT molecular complexity index is 800. The van der Waals surface area contributed by atoms with Crippen LogP contribution in [-0.4, -0.2) is 103 Å². The van der Waals surface area contributed by atoms with Crippen LogP contribution < -0.4 is 0 Å². The van der Waals surface area contributed by atoms with Gasteiger partial charge in [-0.2, -0.15) is 0 Å². The van der Waals surface area contributed by atoms with Crippen LogP contribution in [0.4, 0.5) is 0 Å². The van der Waals surface area contributed by atoms with E-state index in [1.54, 1.807) is 0 Å². The lowest BCUT2D eigenvalue weighted by molar-refractivity contribution is -0.298. The third-order valence-electron chi connectivity index (χ3n) is 4.37. The van der Waals surface area contributed by atoms with Crippen molar-refractivity contribution in [3.8, 4) is 0 Å². The van der Waals surface area contributed by atoms with Crippen molar-refractivity contribution in [3.63, 3.8) is 0 Å². The van der Waals surface area contributed by atoms with Crippen LogP contribution in [0.5, 0.6) is 0 Å². The van der Waals surface area contributed by atoms with Gasteiger partial charge in [0.05, 0.1) is 0 Å². The second kappa shape index (κ2) is 6.43. The van der Waals surface area contributed by atoms with Gasteiger partial charge >= 0.3 is 30.4 Å². The predicted octanol–water partition coefficient (Wildman–Crippen LogP) is -5.81.